The molecular formula is C31H37NO6. The van der Waals surface area contributed by atoms with Gasteiger partial charge in [0.05, 0.1) is 18.1 Å². The van der Waals surface area contributed by atoms with Crippen LogP contribution >= 0.6 is 0 Å². The maximum Gasteiger partial charge on any atom is 0.407 e. The average Bonchev–Trinajstić information content (AvgIpc) is 2.87. The molecule has 7 heteroatoms. The van der Waals surface area contributed by atoms with E-state index in [1.54, 1.807) is 20.8 Å². The van der Waals surface area contributed by atoms with Crippen molar-refractivity contribution in [3.05, 3.63) is 102 Å². The third kappa shape index (κ3) is 9.90. The molecule has 0 saturated carbocycles. The number of aliphatic hydroxyl groups is 1. The lowest BCUT2D eigenvalue weighted by molar-refractivity contribution is -0.143. The predicted molar refractivity (Wildman–Crippen MR) is 146 cm³/mol. The van der Waals surface area contributed by atoms with Crippen molar-refractivity contribution < 1.29 is 29.3 Å². The highest BCUT2D eigenvalue weighted by Gasteiger charge is 2.30. The summed E-state index contributed by atoms with van der Waals surface area (Å²) in [6, 6.07) is 25.8. The first kappa shape index (κ1) is 28.7. The number of carbonyl (C=O) groups is 2. The van der Waals surface area contributed by atoms with Crippen LogP contribution in [0.1, 0.15) is 43.9 Å². The molecule has 0 radical (unpaired) electrons. The maximum atomic E-state index is 12.6. The maximum absolute atomic E-state index is 12.6. The van der Waals surface area contributed by atoms with Gasteiger partial charge in [0.25, 0.3) is 0 Å². The lowest BCUT2D eigenvalue weighted by Crippen LogP contribution is -2.47. The molecule has 0 unspecified atom stereocenters. The SMILES string of the molecule is CC(C)(C)OC(=O)N[C@@H](Cc1ccc(OCc2ccccc2)cc1)[C@@H](O)C[C@@H](Cc1ccccc1)C(=O)O. The molecule has 0 aliphatic heterocycles. The van der Waals surface area contributed by atoms with E-state index in [4.69, 9.17) is 9.47 Å². The van der Waals surface area contributed by atoms with Crippen LogP contribution in [0.5, 0.6) is 5.75 Å². The van der Waals surface area contributed by atoms with E-state index in [1.807, 2.05) is 84.9 Å². The highest BCUT2D eigenvalue weighted by molar-refractivity contribution is 5.70. The molecule has 3 rings (SSSR count). The molecule has 3 aromatic carbocycles. The van der Waals surface area contributed by atoms with Crippen LogP contribution in [0.2, 0.25) is 0 Å². The molecule has 0 spiro atoms. The van der Waals surface area contributed by atoms with Crippen molar-refractivity contribution in [3.63, 3.8) is 0 Å². The minimum absolute atomic E-state index is 0.0248. The zero-order valence-corrected chi connectivity index (χ0v) is 22.2. The van der Waals surface area contributed by atoms with Crippen molar-refractivity contribution in [1.82, 2.24) is 5.32 Å². The number of amides is 1. The lowest BCUT2D eigenvalue weighted by Gasteiger charge is -2.28. The molecule has 0 fully saturated rings. The first-order valence-corrected chi connectivity index (χ1v) is 12.8. The quantitative estimate of drug-likeness (QED) is 0.296. The predicted octanol–water partition coefficient (Wildman–Crippen LogP) is 5.40. The summed E-state index contributed by atoms with van der Waals surface area (Å²) in [5, 5.41) is 23.7. The van der Waals surface area contributed by atoms with Crippen LogP contribution in [0, 0.1) is 5.92 Å². The summed E-state index contributed by atoms with van der Waals surface area (Å²) < 4.78 is 11.2. The number of carbonyl (C=O) groups excluding carboxylic acids is 1. The van der Waals surface area contributed by atoms with Gasteiger partial charge in [-0.2, -0.15) is 0 Å². The molecule has 202 valence electrons. The average molecular weight is 520 g/mol. The van der Waals surface area contributed by atoms with Crippen LogP contribution < -0.4 is 10.1 Å². The standard InChI is InChI=1S/C31H37NO6/c1-31(2,3)38-30(36)32-27(28(33)20-25(29(34)35)18-22-10-6-4-7-11-22)19-23-14-16-26(17-15-23)37-21-24-12-8-5-9-13-24/h4-17,25,27-28,33H,18-21H2,1-3H3,(H,32,36)(H,34,35)/t25-,27+,28+/m1/s1. The van der Waals surface area contributed by atoms with Crippen molar-refractivity contribution in [1.29, 1.82) is 0 Å². The zero-order chi connectivity index (χ0) is 27.5. The van der Waals surface area contributed by atoms with Crippen LogP contribution in [0.25, 0.3) is 0 Å². The van der Waals surface area contributed by atoms with Crippen LogP contribution in [-0.2, 0) is 29.0 Å². The molecule has 0 aliphatic rings. The summed E-state index contributed by atoms with van der Waals surface area (Å²) in [5.41, 5.74) is 2.07. The van der Waals surface area contributed by atoms with Gasteiger partial charge in [-0.1, -0.05) is 72.8 Å². The number of aliphatic carboxylic acids is 1. The van der Waals surface area contributed by atoms with E-state index in [2.05, 4.69) is 5.32 Å². The topological polar surface area (TPSA) is 105 Å². The second-order valence-electron chi connectivity index (χ2n) is 10.4. The second-order valence-corrected chi connectivity index (χ2v) is 10.4. The molecule has 7 nitrogen and oxygen atoms in total. The Kier molecular flexibility index (Phi) is 10.3. The Balaban J connectivity index is 1.69. The number of hydrogen-bond acceptors (Lipinski definition) is 5. The molecule has 0 bridgehead atoms. The lowest BCUT2D eigenvalue weighted by atomic mass is 9.89. The molecule has 0 aromatic heterocycles. The van der Waals surface area contributed by atoms with E-state index in [-0.39, 0.29) is 19.3 Å². The molecular weight excluding hydrogens is 482 g/mol. The first-order chi connectivity index (χ1) is 18.1. The Morgan fingerprint density at radius 3 is 1.92 bits per heavy atom. The highest BCUT2D eigenvalue weighted by Crippen LogP contribution is 2.21. The van der Waals surface area contributed by atoms with Gasteiger partial charge in [0.2, 0.25) is 0 Å². The van der Waals surface area contributed by atoms with E-state index in [1.165, 1.54) is 0 Å². The normalized spacial score (nSPS) is 13.7. The number of carboxylic acid groups (broad SMARTS) is 1. The fourth-order valence-corrected chi connectivity index (χ4v) is 4.08. The van der Waals surface area contributed by atoms with Crippen LogP contribution in [-0.4, -0.2) is 40.0 Å². The Hall–Kier alpha value is -3.84. The molecule has 3 atom stereocenters. The number of hydrogen-bond donors (Lipinski definition) is 3. The molecule has 0 heterocycles. The van der Waals surface area contributed by atoms with Gasteiger partial charge in [-0.15, -0.1) is 0 Å². The molecule has 3 aromatic rings. The summed E-state index contributed by atoms with van der Waals surface area (Å²) in [6.45, 7) is 5.71. The molecule has 1 amide bonds. The van der Waals surface area contributed by atoms with E-state index < -0.39 is 35.7 Å². The zero-order valence-electron chi connectivity index (χ0n) is 22.2. The molecule has 3 N–H and O–H groups in total. The van der Waals surface area contributed by atoms with E-state index in [9.17, 15) is 19.8 Å². The van der Waals surface area contributed by atoms with Gasteiger partial charge in [0.1, 0.15) is 18.0 Å². The monoisotopic (exact) mass is 519 g/mol. The van der Waals surface area contributed by atoms with Crippen molar-refractivity contribution in [2.75, 3.05) is 0 Å². The van der Waals surface area contributed by atoms with E-state index >= 15 is 0 Å². The number of nitrogens with one attached hydrogen (secondary N) is 1. The summed E-state index contributed by atoms with van der Waals surface area (Å²) in [6.07, 6.45) is -1.24. The van der Waals surface area contributed by atoms with Crippen LogP contribution in [0.4, 0.5) is 4.79 Å². The number of rotatable bonds is 12. The molecule has 0 saturated heterocycles. The minimum atomic E-state index is -1.11. The number of carboxylic acids is 1. The third-order valence-corrected chi connectivity index (χ3v) is 5.99. The Morgan fingerprint density at radius 1 is 0.816 bits per heavy atom. The van der Waals surface area contributed by atoms with E-state index in [0.29, 0.717) is 12.4 Å². The summed E-state index contributed by atoms with van der Waals surface area (Å²) >= 11 is 0. The van der Waals surface area contributed by atoms with Crippen LogP contribution in [0.15, 0.2) is 84.9 Å². The van der Waals surface area contributed by atoms with Gasteiger partial charge in [-0.05, 0) is 68.9 Å². The number of alkyl carbamates (subject to hydrolysis) is 1. The van der Waals surface area contributed by atoms with Gasteiger partial charge < -0.3 is 25.0 Å². The van der Waals surface area contributed by atoms with E-state index in [0.717, 1.165) is 16.7 Å². The largest absolute Gasteiger partial charge is 0.489 e. The number of aliphatic hydroxyl groups excluding tert-OH is 1. The first-order valence-electron chi connectivity index (χ1n) is 12.8. The van der Waals surface area contributed by atoms with Gasteiger partial charge in [-0.3, -0.25) is 4.79 Å². The van der Waals surface area contributed by atoms with Crippen molar-refractivity contribution in [2.45, 2.75) is 64.4 Å². The van der Waals surface area contributed by atoms with Gasteiger partial charge in [0.15, 0.2) is 0 Å². The Labute approximate surface area is 224 Å². The fraction of sp³-hybridized carbons (Fsp3) is 0.355. The number of ether oxygens (including phenoxy) is 2. The smallest absolute Gasteiger partial charge is 0.407 e. The third-order valence-electron chi connectivity index (χ3n) is 5.99. The van der Waals surface area contributed by atoms with Crippen molar-refractivity contribution in [2.24, 2.45) is 5.92 Å². The van der Waals surface area contributed by atoms with Crippen molar-refractivity contribution in [3.8, 4) is 5.75 Å². The van der Waals surface area contributed by atoms with Crippen molar-refractivity contribution >= 4 is 12.1 Å². The van der Waals surface area contributed by atoms with Gasteiger partial charge >= 0.3 is 12.1 Å². The second kappa shape index (κ2) is 13.6. The highest BCUT2D eigenvalue weighted by atomic mass is 16.6. The fourth-order valence-electron chi connectivity index (χ4n) is 4.08. The number of benzene rings is 3. The van der Waals surface area contributed by atoms with Crippen LogP contribution in [0.3, 0.4) is 0 Å². The Bertz CT molecular complexity index is 1140. The summed E-state index contributed by atoms with van der Waals surface area (Å²) in [7, 11) is 0. The molecule has 38 heavy (non-hydrogen) atoms. The van der Waals surface area contributed by atoms with Gasteiger partial charge in [0, 0.05) is 0 Å². The minimum Gasteiger partial charge on any atom is -0.489 e. The molecule has 0 aliphatic carbocycles. The van der Waals surface area contributed by atoms with Gasteiger partial charge in [-0.25, -0.2) is 4.79 Å². The summed E-state index contributed by atoms with van der Waals surface area (Å²) in [5.74, 6) is -1.11. The summed E-state index contributed by atoms with van der Waals surface area (Å²) in [4.78, 5) is 24.6. The Morgan fingerprint density at radius 2 is 1.37 bits per heavy atom.